The molecule has 0 unspecified atom stereocenters. The van der Waals surface area contributed by atoms with Crippen LogP contribution >= 0.6 is 0 Å². The fourth-order valence-electron chi connectivity index (χ4n) is 6.16. The number of rotatable bonds is 2. The summed E-state index contributed by atoms with van der Waals surface area (Å²) < 4.78 is 6.37. The zero-order valence-electron chi connectivity index (χ0n) is 20.7. The molecule has 0 bridgehead atoms. The van der Waals surface area contributed by atoms with E-state index in [2.05, 4.69) is 4.98 Å². The summed E-state index contributed by atoms with van der Waals surface area (Å²) in [6.07, 6.45) is 0.772. The van der Waals surface area contributed by atoms with Crippen LogP contribution in [0.2, 0.25) is 0 Å². The number of phenols is 1. The molecule has 1 aromatic carbocycles. The second kappa shape index (κ2) is 7.06. The lowest BCUT2D eigenvalue weighted by Gasteiger charge is -2.41. The number of aliphatic hydroxyl groups excluding tert-OH is 1. The number of likely N-dealkylation sites (N-methyl/N-ethyl adjacent to an activating group) is 3. The van der Waals surface area contributed by atoms with Crippen molar-refractivity contribution in [2.24, 2.45) is 5.73 Å². The van der Waals surface area contributed by atoms with Crippen LogP contribution in [0.3, 0.4) is 0 Å². The predicted octanol–water partition coefficient (Wildman–Crippen LogP) is 0.281. The number of aromatic hydroxyl groups is 1. The van der Waals surface area contributed by atoms with E-state index in [1.165, 1.54) is 26.4 Å². The van der Waals surface area contributed by atoms with Gasteiger partial charge in [0.2, 0.25) is 5.78 Å². The summed E-state index contributed by atoms with van der Waals surface area (Å²) in [4.78, 5) is 59.6. The van der Waals surface area contributed by atoms with Gasteiger partial charge in [-0.25, -0.2) is 4.79 Å². The molecule has 1 saturated heterocycles. The first-order valence-corrected chi connectivity index (χ1v) is 11.8. The number of aliphatic hydroxyl groups is 1. The van der Waals surface area contributed by atoms with Crippen LogP contribution < -0.4 is 15.0 Å². The van der Waals surface area contributed by atoms with E-state index in [0.29, 0.717) is 23.2 Å². The molecule has 1 spiro atoms. The maximum Gasteiger partial charge on any atom is 0.330 e. The largest absolute Gasteiger partial charge is 0.504 e. The fourth-order valence-corrected chi connectivity index (χ4v) is 6.16. The van der Waals surface area contributed by atoms with Crippen LogP contribution in [0.15, 0.2) is 17.8 Å². The lowest BCUT2D eigenvalue weighted by molar-refractivity contribution is -0.142. The Balaban J connectivity index is 1.76. The van der Waals surface area contributed by atoms with Crippen molar-refractivity contribution in [3.8, 4) is 11.5 Å². The molecule has 0 radical (unpaired) electrons. The number of imide groups is 1. The summed E-state index contributed by atoms with van der Waals surface area (Å²) in [6.45, 7) is 0.457. The molecule has 6 rings (SSSR count). The minimum absolute atomic E-state index is 0.0151. The van der Waals surface area contributed by atoms with Crippen LogP contribution in [0.1, 0.15) is 43.6 Å². The highest BCUT2D eigenvalue weighted by atomic mass is 16.5. The molecule has 12 nitrogen and oxygen atoms in total. The number of carbonyl (C=O) groups is 4. The minimum Gasteiger partial charge on any atom is -0.504 e. The van der Waals surface area contributed by atoms with Crippen LogP contribution in [-0.2, 0) is 11.2 Å². The van der Waals surface area contributed by atoms with E-state index in [4.69, 9.17) is 10.5 Å². The summed E-state index contributed by atoms with van der Waals surface area (Å²) in [7, 11) is 6.21. The normalized spacial score (nSPS) is 25.5. The standard InChI is InChI=1S/C25H25N5O7/c1-28-23(35)25(29(2)24(28)36)18-17(21(34)19-14(20(18)33)10(5-6-26)8-27-19)16-15-11(7-12(31)22(16)37-25)30(3,4)9-13(15)32/h7-8,13,32H,5-6,9,26H2,1-4H3,(H-,27,31,33,34)/p+1/t13-,25-/m1/s1. The number of benzene rings is 1. The van der Waals surface area contributed by atoms with Crippen LogP contribution in [0, 0.1) is 0 Å². The maximum atomic E-state index is 14.2. The third kappa shape index (κ3) is 2.56. The smallest absolute Gasteiger partial charge is 0.330 e. The average Bonchev–Trinajstić information content (AvgIpc) is 3.41. The summed E-state index contributed by atoms with van der Waals surface area (Å²) in [5.74, 6) is -2.79. The number of hydrogen-bond acceptors (Lipinski definition) is 8. The third-order valence-electron chi connectivity index (χ3n) is 7.91. The number of H-pyrrole nitrogens is 1. The molecule has 2 atom stereocenters. The van der Waals surface area contributed by atoms with Crippen molar-refractivity contribution in [1.82, 2.24) is 19.3 Å². The number of aromatic amines is 1. The molecule has 37 heavy (non-hydrogen) atoms. The first kappa shape index (κ1) is 23.4. The Morgan fingerprint density at radius 1 is 1.19 bits per heavy atom. The number of urea groups is 1. The Labute approximate surface area is 211 Å². The molecular weight excluding hydrogens is 482 g/mol. The lowest BCUT2D eigenvalue weighted by Crippen LogP contribution is -2.59. The van der Waals surface area contributed by atoms with Gasteiger partial charge in [-0.2, -0.15) is 0 Å². The quantitative estimate of drug-likeness (QED) is 0.332. The number of aromatic nitrogens is 1. The number of fused-ring (bicyclic) bond motifs is 6. The van der Waals surface area contributed by atoms with E-state index in [9.17, 15) is 29.4 Å². The third-order valence-corrected chi connectivity index (χ3v) is 7.91. The van der Waals surface area contributed by atoms with Gasteiger partial charge in [-0.05, 0) is 18.5 Å². The summed E-state index contributed by atoms with van der Waals surface area (Å²) >= 11 is 0. The molecule has 1 aliphatic carbocycles. The summed E-state index contributed by atoms with van der Waals surface area (Å²) in [5.41, 5.74) is 4.39. The Morgan fingerprint density at radius 3 is 2.51 bits per heavy atom. The Hall–Kier alpha value is -4.00. The van der Waals surface area contributed by atoms with Gasteiger partial charge in [0.1, 0.15) is 18.3 Å². The van der Waals surface area contributed by atoms with Crippen LogP contribution in [0.4, 0.5) is 10.5 Å². The zero-order chi connectivity index (χ0) is 26.8. The van der Waals surface area contributed by atoms with Crippen molar-refractivity contribution < 1.29 is 34.1 Å². The van der Waals surface area contributed by atoms with E-state index in [-0.39, 0.29) is 57.0 Å². The van der Waals surface area contributed by atoms with Gasteiger partial charge in [0.15, 0.2) is 17.3 Å². The average molecular weight is 509 g/mol. The number of hydrogen-bond donors (Lipinski definition) is 4. The van der Waals surface area contributed by atoms with Gasteiger partial charge < -0.3 is 25.7 Å². The highest BCUT2D eigenvalue weighted by Gasteiger charge is 2.66. The van der Waals surface area contributed by atoms with Gasteiger partial charge >= 0.3 is 11.9 Å². The van der Waals surface area contributed by atoms with Crippen molar-refractivity contribution in [3.05, 3.63) is 45.8 Å². The van der Waals surface area contributed by atoms with Gasteiger partial charge in [-0.1, -0.05) is 0 Å². The molecule has 3 aliphatic heterocycles. The summed E-state index contributed by atoms with van der Waals surface area (Å²) in [6, 6.07) is 0.671. The van der Waals surface area contributed by atoms with Gasteiger partial charge in [0.25, 0.3) is 5.72 Å². The van der Waals surface area contributed by atoms with E-state index in [1.54, 1.807) is 0 Å². The van der Waals surface area contributed by atoms with Crippen molar-refractivity contribution in [3.63, 3.8) is 0 Å². The summed E-state index contributed by atoms with van der Waals surface area (Å²) in [5, 5.41) is 22.2. The number of phenolic OH excluding ortho intramolecular Hbond substituents is 1. The number of quaternary nitrogens is 1. The number of nitrogens with zero attached hydrogens (tertiary/aromatic N) is 3. The minimum atomic E-state index is -2.32. The van der Waals surface area contributed by atoms with Crippen molar-refractivity contribution in [1.29, 1.82) is 0 Å². The Morgan fingerprint density at radius 2 is 1.89 bits per heavy atom. The molecule has 2 aromatic rings. The first-order valence-electron chi connectivity index (χ1n) is 11.8. The predicted molar refractivity (Wildman–Crippen MR) is 130 cm³/mol. The highest BCUT2D eigenvalue weighted by Crippen LogP contribution is 2.58. The van der Waals surface area contributed by atoms with Gasteiger partial charge in [0, 0.05) is 37.5 Å². The number of nitrogens with two attached hydrogens (primary N) is 1. The fraction of sp³-hybridized carbons (Fsp3) is 0.360. The van der Waals surface area contributed by atoms with E-state index in [1.807, 2.05) is 14.1 Å². The lowest BCUT2D eigenvalue weighted by atomic mass is 9.74. The second-order valence-electron chi connectivity index (χ2n) is 10.4. The molecule has 4 heterocycles. The number of amides is 3. The molecule has 4 aliphatic rings. The number of Topliss-reactive ketones (excluding diaryl/α,β-unsaturated/α-hetero) is 2. The molecule has 192 valence electrons. The molecule has 1 fully saturated rings. The van der Waals surface area contributed by atoms with Crippen LogP contribution in [-0.4, -0.2) is 95.5 Å². The molecular formula is C25H26N5O7+. The highest BCUT2D eigenvalue weighted by molar-refractivity contribution is 6.43. The number of allylic oxidation sites excluding steroid dienone is 1. The number of ether oxygens (including phenoxy) is 1. The maximum absolute atomic E-state index is 14.2. The number of ketones is 2. The van der Waals surface area contributed by atoms with Crippen molar-refractivity contribution >= 4 is 34.8 Å². The molecule has 3 amide bonds. The van der Waals surface area contributed by atoms with Crippen molar-refractivity contribution in [2.45, 2.75) is 18.2 Å². The molecule has 1 aromatic heterocycles. The van der Waals surface area contributed by atoms with E-state index >= 15 is 0 Å². The van der Waals surface area contributed by atoms with Crippen LogP contribution in [0.5, 0.6) is 11.5 Å². The van der Waals surface area contributed by atoms with Crippen molar-refractivity contribution in [2.75, 3.05) is 41.3 Å². The topological polar surface area (TPSA) is 166 Å². The second-order valence-corrected chi connectivity index (χ2v) is 10.4. The Kier molecular flexibility index (Phi) is 4.47. The molecule has 5 N–H and O–H groups in total. The van der Waals surface area contributed by atoms with Gasteiger partial charge in [-0.3, -0.25) is 28.7 Å². The first-order chi connectivity index (χ1) is 17.4. The number of carbonyl (C=O) groups excluding carboxylic acids is 4. The number of nitrogens with one attached hydrogen (secondary N) is 1. The monoisotopic (exact) mass is 508 g/mol. The molecule has 12 heteroatoms. The molecule has 0 saturated carbocycles. The van der Waals surface area contributed by atoms with Gasteiger partial charge in [-0.15, -0.1) is 0 Å². The SMILES string of the molecule is CN1C(=O)N(C)[C@]2(Oc3c(O)cc4c(c3C3=C2C(=O)c2c(CCN)c[nH]c2C3=O)[C@H](O)C[N+]4(C)C)C1=O. The van der Waals surface area contributed by atoms with Crippen LogP contribution in [0.25, 0.3) is 5.57 Å². The van der Waals surface area contributed by atoms with E-state index < -0.39 is 35.3 Å². The Bertz CT molecular complexity index is 1520. The van der Waals surface area contributed by atoms with E-state index in [0.717, 1.165) is 9.80 Å². The van der Waals surface area contributed by atoms with Gasteiger partial charge in [0.05, 0.1) is 36.5 Å². The zero-order valence-corrected chi connectivity index (χ0v) is 20.7.